The third kappa shape index (κ3) is 3.56. The third-order valence-electron chi connectivity index (χ3n) is 3.79. The van der Waals surface area contributed by atoms with E-state index in [0.29, 0.717) is 12.8 Å². The number of carbonyl (C=O) groups is 1. The van der Waals surface area contributed by atoms with Gasteiger partial charge in [0.2, 0.25) is 5.91 Å². The number of halogens is 2. The molecule has 1 amide bonds. The van der Waals surface area contributed by atoms with Crippen LogP contribution in [-0.2, 0) is 17.8 Å². The number of para-hydroxylation sites is 1. The molecule has 5 heteroatoms. The highest BCUT2D eigenvalue weighted by Gasteiger charge is 2.08. The van der Waals surface area contributed by atoms with Gasteiger partial charge in [-0.3, -0.25) is 4.79 Å². The van der Waals surface area contributed by atoms with E-state index in [2.05, 4.69) is 10.3 Å². The molecule has 0 radical (unpaired) electrons. The molecule has 23 heavy (non-hydrogen) atoms. The highest BCUT2D eigenvalue weighted by atomic mass is 19.1. The van der Waals surface area contributed by atoms with Crippen LogP contribution in [0.15, 0.2) is 48.7 Å². The van der Waals surface area contributed by atoms with E-state index in [0.717, 1.165) is 22.5 Å². The Labute approximate surface area is 132 Å². The van der Waals surface area contributed by atoms with Gasteiger partial charge in [-0.15, -0.1) is 0 Å². The highest BCUT2D eigenvalue weighted by molar-refractivity contribution is 5.84. The van der Waals surface area contributed by atoms with Crippen molar-refractivity contribution in [2.45, 2.75) is 19.4 Å². The Bertz CT molecular complexity index is 842. The lowest BCUT2D eigenvalue weighted by atomic mass is 10.1. The van der Waals surface area contributed by atoms with Crippen molar-refractivity contribution in [3.63, 3.8) is 0 Å². The molecular weight excluding hydrogens is 298 g/mol. The first-order valence-electron chi connectivity index (χ1n) is 7.39. The molecule has 0 atom stereocenters. The Morgan fingerprint density at radius 2 is 1.91 bits per heavy atom. The van der Waals surface area contributed by atoms with Crippen LogP contribution < -0.4 is 5.32 Å². The van der Waals surface area contributed by atoms with E-state index >= 15 is 0 Å². The quantitative estimate of drug-likeness (QED) is 0.741. The molecular formula is C18H16F2N2O. The molecule has 118 valence electrons. The number of carbonyl (C=O) groups excluding carboxylic acids is 1. The fourth-order valence-corrected chi connectivity index (χ4v) is 2.53. The average molecular weight is 314 g/mol. The van der Waals surface area contributed by atoms with Crippen LogP contribution in [-0.4, -0.2) is 10.9 Å². The van der Waals surface area contributed by atoms with Gasteiger partial charge in [0, 0.05) is 41.7 Å². The average Bonchev–Trinajstić information content (AvgIpc) is 2.95. The molecule has 2 N–H and O–H groups in total. The number of H-pyrrole nitrogens is 1. The van der Waals surface area contributed by atoms with Crippen molar-refractivity contribution in [3.05, 3.63) is 71.4 Å². The van der Waals surface area contributed by atoms with E-state index < -0.39 is 11.6 Å². The Morgan fingerprint density at radius 1 is 1.09 bits per heavy atom. The van der Waals surface area contributed by atoms with Gasteiger partial charge in [0.1, 0.15) is 11.6 Å². The van der Waals surface area contributed by atoms with Gasteiger partial charge in [0.25, 0.3) is 0 Å². The van der Waals surface area contributed by atoms with Gasteiger partial charge in [0.05, 0.1) is 0 Å². The standard InChI is InChI=1S/C18H16F2N2O/c19-14-7-5-13(16(20)9-14)11-22-18(23)8-6-12-10-21-17-4-2-1-3-15(12)17/h1-5,7,9-10,21H,6,8,11H2,(H,22,23). The maximum Gasteiger partial charge on any atom is 0.220 e. The third-order valence-corrected chi connectivity index (χ3v) is 3.79. The maximum atomic E-state index is 13.5. The first-order valence-corrected chi connectivity index (χ1v) is 7.39. The zero-order chi connectivity index (χ0) is 16.2. The summed E-state index contributed by atoms with van der Waals surface area (Å²) in [6.45, 7) is 0.0544. The van der Waals surface area contributed by atoms with E-state index in [4.69, 9.17) is 0 Å². The maximum absolute atomic E-state index is 13.5. The lowest BCUT2D eigenvalue weighted by Gasteiger charge is -2.06. The summed E-state index contributed by atoms with van der Waals surface area (Å²) in [6.07, 6.45) is 2.81. The van der Waals surface area contributed by atoms with Crippen LogP contribution in [0.25, 0.3) is 10.9 Å². The number of aromatic amines is 1. The summed E-state index contributed by atoms with van der Waals surface area (Å²) in [5, 5.41) is 3.76. The fraction of sp³-hybridized carbons (Fsp3) is 0.167. The van der Waals surface area contributed by atoms with E-state index in [1.54, 1.807) is 0 Å². The molecule has 0 unspecified atom stereocenters. The van der Waals surface area contributed by atoms with Crippen LogP contribution in [0.5, 0.6) is 0 Å². The van der Waals surface area contributed by atoms with Gasteiger partial charge in [0.15, 0.2) is 0 Å². The molecule has 1 aromatic heterocycles. The normalized spacial score (nSPS) is 10.9. The molecule has 3 aromatic rings. The summed E-state index contributed by atoms with van der Waals surface area (Å²) in [4.78, 5) is 15.1. The number of benzene rings is 2. The van der Waals surface area contributed by atoms with Crippen molar-refractivity contribution in [1.82, 2.24) is 10.3 Å². The van der Waals surface area contributed by atoms with Crippen LogP contribution in [0, 0.1) is 11.6 Å². The summed E-state index contributed by atoms with van der Waals surface area (Å²) < 4.78 is 26.3. The zero-order valence-electron chi connectivity index (χ0n) is 12.4. The molecule has 0 fully saturated rings. The predicted octanol–water partition coefficient (Wildman–Crippen LogP) is 3.70. The Hall–Kier alpha value is -2.69. The summed E-state index contributed by atoms with van der Waals surface area (Å²) in [7, 11) is 0. The molecule has 3 rings (SSSR count). The van der Waals surface area contributed by atoms with Crippen molar-refractivity contribution >= 4 is 16.8 Å². The van der Waals surface area contributed by atoms with Gasteiger partial charge >= 0.3 is 0 Å². The second-order valence-corrected chi connectivity index (χ2v) is 5.37. The number of aryl methyl sites for hydroxylation is 1. The van der Waals surface area contributed by atoms with Gasteiger partial charge in [-0.1, -0.05) is 24.3 Å². The molecule has 0 aliphatic carbocycles. The SMILES string of the molecule is O=C(CCc1c[nH]c2ccccc12)NCc1ccc(F)cc1F. The molecule has 0 aliphatic heterocycles. The van der Waals surface area contributed by atoms with Crippen LogP contribution in [0.3, 0.4) is 0 Å². The number of hydrogen-bond donors (Lipinski definition) is 2. The number of fused-ring (bicyclic) bond motifs is 1. The van der Waals surface area contributed by atoms with Crippen molar-refractivity contribution in [1.29, 1.82) is 0 Å². The molecule has 0 spiro atoms. The number of rotatable bonds is 5. The van der Waals surface area contributed by atoms with E-state index in [1.807, 2.05) is 30.5 Å². The lowest BCUT2D eigenvalue weighted by Crippen LogP contribution is -2.23. The van der Waals surface area contributed by atoms with Crippen LogP contribution >= 0.6 is 0 Å². The van der Waals surface area contributed by atoms with Crippen LogP contribution in [0.1, 0.15) is 17.5 Å². The molecule has 0 aliphatic rings. The van der Waals surface area contributed by atoms with Crippen molar-refractivity contribution in [2.24, 2.45) is 0 Å². The molecule has 2 aromatic carbocycles. The van der Waals surface area contributed by atoms with Crippen LogP contribution in [0.4, 0.5) is 8.78 Å². The van der Waals surface area contributed by atoms with Gasteiger partial charge < -0.3 is 10.3 Å². The minimum Gasteiger partial charge on any atom is -0.361 e. The number of hydrogen-bond acceptors (Lipinski definition) is 1. The van der Waals surface area contributed by atoms with E-state index in [9.17, 15) is 13.6 Å². The summed E-state index contributed by atoms with van der Waals surface area (Å²) in [5.41, 5.74) is 2.38. The van der Waals surface area contributed by atoms with Crippen molar-refractivity contribution < 1.29 is 13.6 Å². The topological polar surface area (TPSA) is 44.9 Å². The molecule has 0 saturated heterocycles. The smallest absolute Gasteiger partial charge is 0.220 e. The van der Waals surface area contributed by atoms with E-state index in [-0.39, 0.29) is 18.0 Å². The molecule has 0 bridgehead atoms. The fourth-order valence-electron chi connectivity index (χ4n) is 2.53. The Morgan fingerprint density at radius 3 is 2.74 bits per heavy atom. The van der Waals surface area contributed by atoms with Crippen molar-refractivity contribution in [2.75, 3.05) is 0 Å². The number of nitrogens with one attached hydrogen (secondary N) is 2. The summed E-state index contributed by atoms with van der Waals surface area (Å²) in [5.74, 6) is -1.45. The summed E-state index contributed by atoms with van der Waals surface area (Å²) >= 11 is 0. The number of aromatic nitrogens is 1. The first-order chi connectivity index (χ1) is 11.1. The molecule has 1 heterocycles. The highest BCUT2D eigenvalue weighted by Crippen LogP contribution is 2.19. The Balaban J connectivity index is 1.55. The second-order valence-electron chi connectivity index (χ2n) is 5.37. The molecule has 0 saturated carbocycles. The minimum absolute atomic E-state index is 0.0544. The largest absolute Gasteiger partial charge is 0.361 e. The lowest BCUT2D eigenvalue weighted by molar-refractivity contribution is -0.121. The van der Waals surface area contributed by atoms with Crippen LogP contribution in [0.2, 0.25) is 0 Å². The molecule has 3 nitrogen and oxygen atoms in total. The number of amides is 1. The van der Waals surface area contributed by atoms with Gasteiger partial charge in [-0.05, 0) is 24.1 Å². The van der Waals surface area contributed by atoms with Crippen molar-refractivity contribution in [3.8, 4) is 0 Å². The van der Waals surface area contributed by atoms with E-state index in [1.165, 1.54) is 12.1 Å². The first kappa shape index (κ1) is 15.2. The minimum atomic E-state index is -0.651. The monoisotopic (exact) mass is 314 g/mol. The second kappa shape index (κ2) is 6.60. The van der Waals surface area contributed by atoms with Gasteiger partial charge in [-0.25, -0.2) is 8.78 Å². The predicted molar refractivity (Wildman–Crippen MR) is 84.8 cm³/mol. The van der Waals surface area contributed by atoms with Gasteiger partial charge in [-0.2, -0.15) is 0 Å². The Kier molecular flexibility index (Phi) is 4.37. The summed E-state index contributed by atoms with van der Waals surface area (Å²) in [6, 6.07) is 11.2. The zero-order valence-corrected chi connectivity index (χ0v) is 12.4.